The first-order chi connectivity index (χ1) is 15.6. The van der Waals surface area contributed by atoms with E-state index in [4.69, 9.17) is 9.47 Å². The van der Waals surface area contributed by atoms with Crippen LogP contribution in [-0.4, -0.2) is 56.4 Å². The fraction of sp³-hybridized carbons (Fsp3) is 0.680. The summed E-state index contributed by atoms with van der Waals surface area (Å²) in [6.07, 6.45) is 7.42. The maximum Gasteiger partial charge on any atom is 0.249 e. The van der Waals surface area contributed by atoms with E-state index in [0.29, 0.717) is 13.0 Å². The van der Waals surface area contributed by atoms with Gasteiger partial charge in [0.25, 0.3) is 0 Å². The van der Waals surface area contributed by atoms with Gasteiger partial charge in [0, 0.05) is 31.1 Å². The molecule has 7 nitrogen and oxygen atoms in total. The maximum atomic E-state index is 13.0. The molecule has 2 fully saturated rings. The van der Waals surface area contributed by atoms with Crippen molar-refractivity contribution in [1.82, 2.24) is 5.32 Å². The largest absolute Gasteiger partial charge is 0.376 e. The Hall–Kier alpha value is -2.12. The lowest BCUT2D eigenvalue weighted by Gasteiger charge is -2.25. The molecule has 2 aliphatic rings. The topological polar surface area (TPSA) is 79.9 Å². The molecule has 2 amide bonds. The number of nitrogens with one attached hydrogen (secondary N) is 2. The highest BCUT2D eigenvalue weighted by molar-refractivity contribution is 5.98. The third kappa shape index (κ3) is 7.48. The molecule has 7 heteroatoms. The molecular formula is C25H39N3O4. The van der Waals surface area contributed by atoms with Crippen LogP contribution in [0, 0.1) is 0 Å². The van der Waals surface area contributed by atoms with Crippen molar-refractivity contribution in [3.63, 3.8) is 0 Å². The zero-order valence-electron chi connectivity index (χ0n) is 19.6. The van der Waals surface area contributed by atoms with Crippen LogP contribution in [0.1, 0.15) is 65.2 Å². The predicted molar refractivity (Wildman–Crippen MR) is 127 cm³/mol. The van der Waals surface area contributed by atoms with Gasteiger partial charge >= 0.3 is 0 Å². The Morgan fingerprint density at radius 2 is 2.00 bits per heavy atom. The van der Waals surface area contributed by atoms with Gasteiger partial charge in [-0.25, -0.2) is 0 Å². The van der Waals surface area contributed by atoms with Gasteiger partial charge in [0.2, 0.25) is 11.8 Å². The average molecular weight is 446 g/mol. The van der Waals surface area contributed by atoms with Gasteiger partial charge < -0.3 is 25.0 Å². The van der Waals surface area contributed by atoms with Gasteiger partial charge in [-0.2, -0.15) is 0 Å². The first-order valence-corrected chi connectivity index (χ1v) is 12.3. The molecule has 32 heavy (non-hydrogen) atoms. The second-order valence-corrected chi connectivity index (χ2v) is 8.90. The Bertz CT molecular complexity index is 730. The Morgan fingerprint density at radius 3 is 2.72 bits per heavy atom. The quantitative estimate of drug-likeness (QED) is 0.540. The molecule has 3 rings (SSSR count). The van der Waals surface area contributed by atoms with Crippen molar-refractivity contribution in [2.75, 3.05) is 36.5 Å². The molecule has 2 N–H and O–H groups in total. The van der Waals surface area contributed by atoms with E-state index >= 15 is 0 Å². The number of anilines is 2. The summed E-state index contributed by atoms with van der Waals surface area (Å²) in [6.45, 7) is 7.07. The van der Waals surface area contributed by atoms with Gasteiger partial charge in [0.05, 0.1) is 12.7 Å². The Labute approximate surface area is 192 Å². The van der Waals surface area contributed by atoms with E-state index < -0.39 is 12.1 Å². The minimum absolute atomic E-state index is 0.0565. The number of unbranched alkanes of at least 4 members (excludes halogenated alkanes) is 1. The van der Waals surface area contributed by atoms with Crippen molar-refractivity contribution >= 4 is 23.2 Å². The standard InChI is InChI=1S/C25H39N3O4/c1-3-4-13-23(27-24(29)19(2)32-18-22-12-5-8-16-31-22)25(30)26-20-10-9-11-21(17-20)28-14-6-7-15-28/h9-11,17,19,22-23H,3-8,12-16,18H2,1-2H3,(H,26,30)(H,27,29). The van der Waals surface area contributed by atoms with E-state index in [-0.39, 0.29) is 17.9 Å². The van der Waals surface area contributed by atoms with E-state index in [1.54, 1.807) is 6.92 Å². The van der Waals surface area contributed by atoms with Crippen LogP contribution < -0.4 is 15.5 Å². The maximum absolute atomic E-state index is 13.0. The Balaban J connectivity index is 1.54. The molecule has 2 saturated heterocycles. The van der Waals surface area contributed by atoms with Crippen LogP contribution in [-0.2, 0) is 19.1 Å². The van der Waals surface area contributed by atoms with Crippen molar-refractivity contribution in [3.8, 4) is 0 Å². The number of carbonyl (C=O) groups is 2. The molecule has 1 aromatic carbocycles. The van der Waals surface area contributed by atoms with Crippen LogP contribution in [0.3, 0.4) is 0 Å². The summed E-state index contributed by atoms with van der Waals surface area (Å²) in [5.74, 6) is -0.448. The molecule has 0 saturated carbocycles. The zero-order valence-corrected chi connectivity index (χ0v) is 19.6. The van der Waals surface area contributed by atoms with E-state index in [1.807, 2.05) is 18.2 Å². The van der Waals surface area contributed by atoms with Crippen LogP contribution in [0.15, 0.2) is 24.3 Å². The van der Waals surface area contributed by atoms with Crippen molar-refractivity contribution in [3.05, 3.63) is 24.3 Å². The summed E-state index contributed by atoms with van der Waals surface area (Å²) < 4.78 is 11.4. The molecule has 0 bridgehead atoms. The van der Waals surface area contributed by atoms with Crippen LogP contribution in [0.2, 0.25) is 0 Å². The highest BCUT2D eigenvalue weighted by Gasteiger charge is 2.25. The molecule has 3 unspecified atom stereocenters. The van der Waals surface area contributed by atoms with E-state index in [1.165, 1.54) is 12.8 Å². The van der Waals surface area contributed by atoms with Gasteiger partial charge in [-0.05, 0) is 63.6 Å². The number of hydrogen-bond donors (Lipinski definition) is 2. The molecule has 0 radical (unpaired) electrons. The summed E-state index contributed by atoms with van der Waals surface area (Å²) in [5, 5.41) is 5.90. The van der Waals surface area contributed by atoms with Crippen LogP contribution in [0.4, 0.5) is 11.4 Å². The van der Waals surface area contributed by atoms with E-state index in [9.17, 15) is 9.59 Å². The third-order valence-electron chi connectivity index (χ3n) is 6.24. The minimum Gasteiger partial charge on any atom is -0.376 e. The Morgan fingerprint density at radius 1 is 1.19 bits per heavy atom. The van der Waals surface area contributed by atoms with Crippen LogP contribution in [0.25, 0.3) is 0 Å². The summed E-state index contributed by atoms with van der Waals surface area (Å²) in [6, 6.07) is 7.36. The zero-order chi connectivity index (χ0) is 22.8. The van der Waals surface area contributed by atoms with Gasteiger partial charge in [-0.3, -0.25) is 9.59 Å². The number of nitrogens with zero attached hydrogens (tertiary/aromatic N) is 1. The fourth-order valence-electron chi connectivity index (χ4n) is 4.22. The number of rotatable bonds is 11. The van der Waals surface area contributed by atoms with Gasteiger partial charge in [0.15, 0.2) is 0 Å². The molecule has 3 atom stereocenters. The smallest absolute Gasteiger partial charge is 0.249 e. The van der Waals surface area contributed by atoms with Crippen molar-refractivity contribution in [2.24, 2.45) is 0 Å². The van der Waals surface area contributed by atoms with Gasteiger partial charge in [-0.15, -0.1) is 0 Å². The normalized spacial score (nSPS) is 20.6. The molecular weight excluding hydrogens is 406 g/mol. The van der Waals surface area contributed by atoms with Crippen molar-refractivity contribution < 1.29 is 19.1 Å². The number of amides is 2. The lowest BCUT2D eigenvalue weighted by atomic mass is 10.1. The van der Waals surface area contributed by atoms with Crippen molar-refractivity contribution in [1.29, 1.82) is 0 Å². The third-order valence-corrected chi connectivity index (χ3v) is 6.24. The highest BCUT2D eigenvalue weighted by Crippen LogP contribution is 2.23. The molecule has 1 aromatic rings. The van der Waals surface area contributed by atoms with E-state index in [2.05, 4.69) is 28.5 Å². The molecule has 0 aliphatic carbocycles. The summed E-state index contributed by atoms with van der Waals surface area (Å²) in [5.41, 5.74) is 1.88. The van der Waals surface area contributed by atoms with E-state index in [0.717, 1.165) is 63.2 Å². The predicted octanol–water partition coefficient (Wildman–Crippen LogP) is 3.87. The van der Waals surface area contributed by atoms with Gasteiger partial charge in [0.1, 0.15) is 12.1 Å². The molecule has 2 aliphatic heterocycles. The minimum atomic E-state index is -0.629. The number of carbonyl (C=O) groups excluding carboxylic acids is 2. The molecule has 0 aromatic heterocycles. The summed E-state index contributed by atoms with van der Waals surface area (Å²) in [7, 11) is 0. The first-order valence-electron chi connectivity index (χ1n) is 12.3. The second-order valence-electron chi connectivity index (χ2n) is 8.90. The molecule has 2 heterocycles. The Kier molecular flexibility index (Phi) is 9.81. The monoisotopic (exact) mass is 445 g/mol. The summed E-state index contributed by atoms with van der Waals surface area (Å²) >= 11 is 0. The number of hydrogen-bond acceptors (Lipinski definition) is 5. The fourth-order valence-corrected chi connectivity index (χ4v) is 4.22. The average Bonchev–Trinajstić information content (AvgIpc) is 3.36. The van der Waals surface area contributed by atoms with Crippen LogP contribution in [0.5, 0.6) is 0 Å². The lowest BCUT2D eigenvalue weighted by Crippen LogP contribution is -2.48. The first kappa shape index (κ1) is 24.5. The number of ether oxygens (including phenoxy) is 2. The van der Waals surface area contributed by atoms with Crippen LogP contribution >= 0.6 is 0 Å². The molecule has 0 spiro atoms. The highest BCUT2D eigenvalue weighted by atomic mass is 16.5. The van der Waals surface area contributed by atoms with Crippen molar-refractivity contribution in [2.45, 2.75) is 83.5 Å². The SMILES string of the molecule is CCCCC(NC(=O)C(C)OCC1CCCCO1)C(=O)Nc1cccc(N2CCCC2)c1. The van der Waals surface area contributed by atoms with Gasteiger partial charge in [-0.1, -0.05) is 25.8 Å². The summed E-state index contributed by atoms with van der Waals surface area (Å²) in [4.78, 5) is 28.1. The lowest BCUT2D eigenvalue weighted by molar-refractivity contribution is -0.138. The second kappa shape index (κ2) is 12.8. The number of benzene rings is 1. The molecule has 178 valence electrons.